The first-order valence-electron chi connectivity index (χ1n) is 4.71. The van der Waals surface area contributed by atoms with Gasteiger partial charge in [0.1, 0.15) is 5.60 Å². The van der Waals surface area contributed by atoms with Crippen LogP contribution in [0.15, 0.2) is 0 Å². The molecule has 0 unspecified atom stereocenters. The third-order valence-electron chi connectivity index (χ3n) is 2.61. The van der Waals surface area contributed by atoms with Crippen molar-refractivity contribution in [3.8, 4) is 0 Å². The minimum Gasteiger partial charge on any atom is -0.365 e. The van der Waals surface area contributed by atoms with Gasteiger partial charge in [-0.05, 0) is 33.6 Å². The Morgan fingerprint density at radius 1 is 1.33 bits per heavy atom. The van der Waals surface area contributed by atoms with Gasteiger partial charge in [-0.3, -0.25) is 4.79 Å². The number of carbonyl (C=O) groups is 1. The van der Waals surface area contributed by atoms with Crippen LogP contribution in [0.5, 0.6) is 0 Å². The number of ether oxygens (including phenoxy) is 1. The second-order valence-electron chi connectivity index (χ2n) is 4.09. The summed E-state index contributed by atoms with van der Waals surface area (Å²) in [5, 5.41) is 0. The Kier molecular flexibility index (Phi) is 2.89. The lowest BCUT2D eigenvalue weighted by Gasteiger charge is -2.26. The van der Waals surface area contributed by atoms with E-state index in [1.807, 2.05) is 13.8 Å². The zero-order valence-electron chi connectivity index (χ0n) is 8.22. The predicted octanol–water partition coefficient (Wildman–Crippen LogP) is 2.31. The summed E-state index contributed by atoms with van der Waals surface area (Å²) < 4.78 is 5.71. The van der Waals surface area contributed by atoms with Gasteiger partial charge in [-0.1, -0.05) is 12.8 Å². The third-order valence-corrected chi connectivity index (χ3v) is 2.61. The van der Waals surface area contributed by atoms with Gasteiger partial charge in [0.15, 0.2) is 5.78 Å². The van der Waals surface area contributed by atoms with Crippen molar-refractivity contribution < 1.29 is 9.53 Å². The molecule has 0 aromatic heterocycles. The number of carbonyl (C=O) groups excluding carboxylic acids is 1. The highest BCUT2D eigenvalue weighted by atomic mass is 16.5. The minimum atomic E-state index is -0.574. The summed E-state index contributed by atoms with van der Waals surface area (Å²) in [7, 11) is 0. The van der Waals surface area contributed by atoms with E-state index in [0.717, 1.165) is 12.8 Å². The van der Waals surface area contributed by atoms with Gasteiger partial charge in [0.05, 0.1) is 6.10 Å². The molecule has 2 heteroatoms. The van der Waals surface area contributed by atoms with Gasteiger partial charge < -0.3 is 4.74 Å². The fourth-order valence-corrected chi connectivity index (χ4v) is 1.51. The van der Waals surface area contributed by atoms with E-state index in [1.165, 1.54) is 12.8 Å². The van der Waals surface area contributed by atoms with Gasteiger partial charge in [0.25, 0.3) is 0 Å². The maximum atomic E-state index is 11.1. The molecule has 1 aliphatic rings. The summed E-state index contributed by atoms with van der Waals surface area (Å²) in [5.74, 6) is 0.120. The predicted molar refractivity (Wildman–Crippen MR) is 48.1 cm³/mol. The van der Waals surface area contributed by atoms with Crippen LogP contribution in [0.25, 0.3) is 0 Å². The Morgan fingerprint density at radius 3 is 2.25 bits per heavy atom. The van der Waals surface area contributed by atoms with Gasteiger partial charge in [-0.2, -0.15) is 0 Å². The summed E-state index contributed by atoms with van der Waals surface area (Å²) in [6.45, 7) is 5.30. The molecular formula is C10H18O2. The SMILES string of the molecule is CC(=O)C(C)(C)OC1CCCC1. The number of rotatable bonds is 3. The average molecular weight is 170 g/mol. The molecule has 0 aromatic carbocycles. The second-order valence-corrected chi connectivity index (χ2v) is 4.09. The van der Waals surface area contributed by atoms with Crippen LogP contribution in [0.2, 0.25) is 0 Å². The first-order chi connectivity index (χ1) is 5.52. The Bertz CT molecular complexity index is 167. The molecule has 0 amide bonds. The van der Waals surface area contributed by atoms with E-state index in [1.54, 1.807) is 6.92 Å². The van der Waals surface area contributed by atoms with Crippen LogP contribution >= 0.6 is 0 Å². The van der Waals surface area contributed by atoms with Gasteiger partial charge in [0.2, 0.25) is 0 Å². The van der Waals surface area contributed by atoms with Gasteiger partial charge in [-0.25, -0.2) is 0 Å². The Balaban J connectivity index is 2.42. The van der Waals surface area contributed by atoms with Gasteiger partial charge in [0, 0.05) is 0 Å². The van der Waals surface area contributed by atoms with Crippen LogP contribution in [0.3, 0.4) is 0 Å². The molecule has 1 aliphatic carbocycles. The highest BCUT2D eigenvalue weighted by Gasteiger charge is 2.29. The Labute approximate surface area is 74.3 Å². The summed E-state index contributed by atoms with van der Waals surface area (Å²) in [6, 6.07) is 0. The number of Topliss-reactive ketones (excluding diaryl/α,β-unsaturated/α-hetero) is 1. The van der Waals surface area contributed by atoms with Gasteiger partial charge in [-0.15, -0.1) is 0 Å². The van der Waals surface area contributed by atoms with Gasteiger partial charge >= 0.3 is 0 Å². The van der Waals surface area contributed by atoms with Crippen LogP contribution in [0.1, 0.15) is 46.5 Å². The van der Waals surface area contributed by atoms with Crippen LogP contribution < -0.4 is 0 Å². The smallest absolute Gasteiger partial charge is 0.160 e. The van der Waals surface area contributed by atoms with E-state index < -0.39 is 5.60 Å². The Hall–Kier alpha value is -0.370. The maximum Gasteiger partial charge on any atom is 0.160 e. The second kappa shape index (κ2) is 3.56. The molecule has 0 N–H and O–H groups in total. The average Bonchev–Trinajstić information content (AvgIpc) is 2.38. The third kappa shape index (κ3) is 2.31. The monoisotopic (exact) mass is 170 g/mol. The Morgan fingerprint density at radius 2 is 1.83 bits per heavy atom. The first-order valence-corrected chi connectivity index (χ1v) is 4.71. The fourth-order valence-electron chi connectivity index (χ4n) is 1.51. The summed E-state index contributed by atoms with van der Waals surface area (Å²) >= 11 is 0. The molecule has 0 radical (unpaired) electrons. The molecule has 0 heterocycles. The molecule has 70 valence electrons. The molecule has 0 aliphatic heterocycles. The van der Waals surface area contributed by atoms with E-state index >= 15 is 0 Å². The van der Waals surface area contributed by atoms with Crippen molar-refractivity contribution in [2.24, 2.45) is 0 Å². The lowest BCUT2D eigenvalue weighted by Crippen LogP contribution is -2.36. The fraction of sp³-hybridized carbons (Fsp3) is 0.900. The number of hydrogen-bond acceptors (Lipinski definition) is 2. The molecule has 12 heavy (non-hydrogen) atoms. The van der Waals surface area contributed by atoms with Crippen molar-refractivity contribution >= 4 is 5.78 Å². The van der Waals surface area contributed by atoms with Crippen molar-refractivity contribution in [3.63, 3.8) is 0 Å². The molecule has 1 fully saturated rings. The topological polar surface area (TPSA) is 26.3 Å². The zero-order valence-corrected chi connectivity index (χ0v) is 8.22. The van der Waals surface area contributed by atoms with Crippen LogP contribution in [-0.4, -0.2) is 17.5 Å². The van der Waals surface area contributed by atoms with E-state index in [0.29, 0.717) is 6.10 Å². The molecule has 2 nitrogen and oxygen atoms in total. The van der Waals surface area contributed by atoms with Crippen molar-refractivity contribution in [1.82, 2.24) is 0 Å². The van der Waals surface area contributed by atoms with E-state index in [-0.39, 0.29) is 5.78 Å². The highest BCUT2D eigenvalue weighted by molar-refractivity contribution is 5.83. The summed E-state index contributed by atoms with van der Waals surface area (Å²) in [5.41, 5.74) is -0.574. The molecule has 1 rings (SSSR count). The normalized spacial score (nSPS) is 19.9. The maximum absolute atomic E-state index is 11.1. The van der Waals surface area contributed by atoms with Crippen molar-refractivity contribution in [3.05, 3.63) is 0 Å². The number of hydrogen-bond donors (Lipinski definition) is 0. The largest absolute Gasteiger partial charge is 0.365 e. The van der Waals surface area contributed by atoms with E-state index in [9.17, 15) is 4.79 Å². The molecule has 0 aromatic rings. The minimum absolute atomic E-state index is 0.120. The van der Waals surface area contributed by atoms with Crippen molar-refractivity contribution in [2.75, 3.05) is 0 Å². The lowest BCUT2D eigenvalue weighted by atomic mass is 10.0. The molecule has 1 saturated carbocycles. The standard InChI is InChI=1S/C10H18O2/c1-8(11)10(2,3)12-9-6-4-5-7-9/h9H,4-7H2,1-3H3. The molecular weight excluding hydrogens is 152 g/mol. The molecule has 0 spiro atoms. The van der Waals surface area contributed by atoms with E-state index in [2.05, 4.69) is 0 Å². The quantitative estimate of drug-likeness (QED) is 0.649. The highest BCUT2D eigenvalue weighted by Crippen LogP contribution is 2.25. The van der Waals surface area contributed by atoms with Crippen LogP contribution in [0, 0.1) is 0 Å². The van der Waals surface area contributed by atoms with Crippen LogP contribution in [-0.2, 0) is 9.53 Å². The van der Waals surface area contributed by atoms with Crippen molar-refractivity contribution in [2.45, 2.75) is 58.2 Å². The van der Waals surface area contributed by atoms with E-state index in [4.69, 9.17) is 4.74 Å². The first kappa shape index (κ1) is 9.72. The number of ketones is 1. The van der Waals surface area contributed by atoms with Crippen molar-refractivity contribution in [1.29, 1.82) is 0 Å². The molecule has 0 bridgehead atoms. The lowest BCUT2D eigenvalue weighted by molar-refractivity contribution is -0.144. The van der Waals surface area contributed by atoms with Crippen LogP contribution in [0.4, 0.5) is 0 Å². The summed E-state index contributed by atoms with van der Waals surface area (Å²) in [6.07, 6.45) is 5.06. The zero-order chi connectivity index (χ0) is 9.19. The molecule has 0 saturated heterocycles. The summed E-state index contributed by atoms with van der Waals surface area (Å²) in [4.78, 5) is 11.1. The molecule has 0 atom stereocenters.